The van der Waals surface area contributed by atoms with Gasteiger partial charge in [0.05, 0.1) is 22.5 Å². The van der Waals surface area contributed by atoms with Gasteiger partial charge >= 0.3 is 0 Å². The third-order valence-corrected chi connectivity index (χ3v) is 3.83. The van der Waals surface area contributed by atoms with Gasteiger partial charge in [0.15, 0.2) is 0 Å². The van der Waals surface area contributed by atoms with E-state index in [1.165, 1.54) is 7.11 Å². The molecule has 0 radical (unpaired) electrons. The van der Waals surface area contributed by atoms with Gasteiger partial charge in [0.1, 0.15) is 0 Å². The number of methoxy groups -OCH3 is 1. The highest BCUT2D eigenvalue weighted by atomic mass is 32.2. The average Bonchev–Trinajstić information content (AvgIpc) is 2.40. The van der Waals surface area contributed by atoms with Crippen molar-refractivity contribution in [2.24, 2.45) is 0 Å². The highest BCUT2D eigenvalue weighted by Crippen LogP contribution is 2.18. The largest absolute Gasteiger partial charge is 0.379 e. The fourth-order valence-corrected chi connectivity index (χ4v) is 2.26. The fraction of sp³-hybridized carbons (Fsp3) is 0.455. The van der Waals surface area contributed by atoms with E-state index in [-0.39, 0.29) is 23.3 Å². The topological polar surface area (TPSA) is 95.7 Å². The third-order valence-electron chi connectivity index (χ3n) is 2.53. The van der Waals surface area contributed by atoms with Crippen molar-refractivity contribution in [1.82, 2.24) is 0 Å². The summed E-state index contributed by atoms with van der Waals surface area (Å²) in [5.41, 5.74) is -0.178. The SMILES string of the molecule is CCC(COS(=O)(=O)c1ccc([N+](=O)[O-])cc1)OC. The first-order chi connectivity index (χ1) is 8.90. The van der Waals surface area contributed by atoms with Crippen LogP contribution < -0.4 is 0 Å². The number of nitro groups is 1. The number of rotatable bonds is 7. The molecule has 0 aliphatic rings. The van der Waals surface area contributed by atoms with Crippen LogP contribution in [-0.4, -0.2) is 33.2 Å². The van der Waals surface area contributed by atoms with Crippen molar-refractivity contribution >= 4 is 15.8 Å². The van der Waals surface area contributed by atoms with Crippen molar-refractivity contribution in [3.8, 4) is 0 Å². The molecule has 1 aromatic carbocycles. The molecule has 1 atom stereocenters. The van der Waals surface area contributed by atoms with Crippen LogP contribution in [-0.2, 0) is 19.0 Å². The van der Waals surface area contributed by atoms with Gasteiger partial charge in [-0.05, 0) is 18.6 Å². The van der Waals surface area contributed by atoms with Gasteiger partial charge in [-0.15, -0.1) is 0 Å². The number of benzene rings is 1. The van der Waals surface area contributed by atoms with Crippen LogP contribution in [0, 0.1) is 10.1 Å². The highest BCUT2D eigenvalue weighted by molar-refractivity contribution is 7.86. The van der Waals surface area contributed by atoms with Crippen LogP contribution in [0.1, 0.15) is 13.3 Å². The molecule has 0 N–H and O–H groups in total. The molecule has 19 heavy (non-hydrogen) atoms. The third kappa shape index (κ3) is 4.27. The van der Waals surface area contributed by atoms with Crippen molar-refractivity contribution in [3.63, 3.8) is 0 Å². The van der Waals surface area contributed by atoms with Crippen molar-refractivity contribution < 1.29 is 22.3 Å². The molecule has 0 aliphatic heterocycles. The molecule has 1 aromatic rings. The van der Waals surface area contributed by atoms with Crippen LogP contribution in [0.25, 0.3) is 0 Å². The Morgan fingerprint density at radius 3 is 2.32 bits per heavy atom. The van der Waals surface area contributed by atoms with E-state index in [4.69, 9.17) is 8.92 Å². The Balaban J connectivity index is 2.80. The Morgan fingerprint density at radius 1 is 1.32 bits per heavy atom. The molecule has 0 saturated carbocycles. The molecule has 0 spiro atoms. The minimum atomic E-state index is -3.92. The standard InChI is InChI=1S/C11H15NO6S/c1-3-10(17-2)8-18-19(15,16)11-6-4-9(5-7-11)12(13)14/h4-7,10H,3,8H2,1-2H3. The van der Waals surface area contributed by atoms with Gasteiger partial charge in [0.2, 0.25) is 0 Å². The molecule has 106 valence electrons. The van der Waals surface area contributed by atoms with E-state index in [1.807, 2.05) is 6.92 Å². The smallest absolute Gasteiger partial charge is 0.297 e. The zero-order valence-electron chi connectivity index (χ0n) is 10.6. The number of nitrogens with zero attached hydrogens (tertiary/aromatic N) is 1. The van der Waals surface area contributed by atoms with Gasteiger partial charge in [-0.1, -0.05) is 6.92 Å². The molecule has 0 aromatic heterocycles. The first-order valence-electron chi connectivity index (χ1n) is 5.57. The van der Waals surface area contributed by atoms with E-state index in [9.17, 15) is 18.5 Å². The van der Waals surface area contributed by atoms with Gasteiger partial charge in [-0.2, -0.15) is 8.42 Å². The van der Waals surface area contributed by atoms with E-state index >= 15 is 0 Å². The number of hydrogen-bond donors (Lipinski definition) is 0. The van der Waals surface area contributed by atoms with E-state index in [0.717, 1.165) is 24.3 Å². The fourth-order valence-electron chi connectivity index (χ4n) is 1.32. The maximum absolute atomic E-state index is 11.8. The first kappa shape index (κ1) is 15.5. The van der Waals surface area contributed by atoms with Crippen LogP contribution in [0.15, 0.2) is 29.2 Å². The zero-order chi connectivity index (χ0) is 14.5. The van der Waals surface area contributed by atoms with Crippen molar-refractivity contribution in [2.75, 3.05) is 13.7 Å². The molecule has 0 amide bonds. The van der Waals surface area contributed by atoms with Crippen molar-refractivity contribution in [1.29, 1.82) is 0 Å². The minimum absolute atomic E-state index is 0.0910. The highest BCUT2D eigenvalue weighted by Gasteiger charge is 2.18. The molecule has 1 rings (SSSR count). The second-order valence-corrected chi connectivity index (χ2v) is 5.37. The summed E-state index contributed by atoms with van der Waals surface area (Å²) in [5, 5.41) is 10.5. The molecule has 0 heterocycles. The molecule has 1 unspecified atom stereocenters. The Hall–Kier alpha value is -1.51. The lowest BCUT2D eigenvalue weighted by Crippen LogP contribution is -2.20. The summed E-state index contributed by atoms with van der Waals surface area (Å²) in [7, 11) is -2.45. The Bertz CT molecular complexity index is 521. The van der Waals surface area contributed by atoms with Gasteiger partial charge in [0, 0.05) is 19.2 Å². The molecule has 0 fully saturated rings. The minimum Gasteiger partial charge on any atom is -0.379 e. The van der Waals surface area contributed by atoms with Crippen LogP contribution in [0.5, 0.6) is 0 Å². The maximum Gasteiger partial charge on any atom is 0.297 e. The molecule has 0 saturated heterocycles. The lowest BCUT2D eigenvalue weighted by Gasteiger charge is -2.12. The average molecular weight is 289 g/mol. The Kier molecular flexibility index (Phi) is 5.40. The molecular formula is C11H15NO6S. The predicted molar refractivity (Wildman–Crippen MR) is 67.3 cm³/mol. The summed E-state index contributed by atoms with van der Waals surface area (Å²) in [4.78, 5) is 9.74. The van der Waals surface area contributed by atoms with Gasteiger partial charge in [0.25, 0.3) is 15.8 Å². The molecule has 8 heteroatoms. The summed E-state index contributed by atoms with van der Waals surface area (Å²) >= 11 is 0. The van der Waals surface area contributed by atoms with Crippen molar-refractivity contribution in [2.45, 2.75) is 24.3 Å². The second-order valence-electron chi connectivity index (χ2n) is 3.76. The van der Waals surface area contributed by atoms with Crippen molar-refractivity contribution in [3.05, 3.63) is 34.4 Å². The molecular weight excluding hydrogens is 274 g/mol. The van der Waals surface area contributed by atoms with Crippen LogP contribution >= 0.6 is 0 Å². The zero-order valence-corrected chi connectivity index (χ0v) is 11.4. The van der Waals surface area contributed by atoms with E-state index in [0.29, 0.717) is 6.42 Å². The molecule has 0 aliphatic carbocycles. The quantitative estimate of drug-likeness (QED) is 0.431. The number of hydrogen-bond acceptors (Lipinski definition) is 6. The summed E-state index contributed by atoms with van der Waals surface area (Å²) in [5.74, 6) is 0. The lowest BCUT2D eigenvalue weighted by molar-refractivity contribution is -0.384. The Morgan fingerprint density at radius 2 is 1.89 bits per heavy atom. The monoisotopic (exact) mass is 289 g/mol. The molecule has 7 nitrogen and oxygen atoms in total. The Labute approximate surface area is 111 Å². The van der Waals surface area contributed by atoms with Crippen LogP contribution in [0.4, 0.5) is 5.69 Å². The van der Waals surface area contributed by atoms with Crippen LogP contribution in [0.3, 0.4) is 0 Å². The summed E-state index contributed by atoms with van der Waals surface area (Å²) < 4.78 is 33.4. The van der Waals surface area contributed by atoms with Gasteiger partial charge in [-0.25, -0.2) is 0 Å². The number of ether oxygens (including phenoxy) is 1. The van der Waals surface area contributed by atoms with E-state index in [2.05, 4.69) is 0 Å². The normalized spacial score (nSPS) is 13.2. The molecule has 0 bridgehead atoms. The van der Waals surface area contributed by atoms with Crippen LogP contribution in [0.2, 0.25) is 0 Å². The van der Waals surface area contributed by atoms with Gasteiger partial charge < -0.3 is 4.74 Å². The summed E-state index contributed by atoms with van der Waals surface area (Å²) in [6.07, 6.45) is 0.305. The van der Waals surface area contributed by atoms with E-state index < -0.39 is 15.0 Å². The maximum atomic E-state index is 11.8. The number of nitro benzene ring substituents is 1. The number of non-ortho nitro benzene ring substituents is 1. The van der Waals surface area contributed by atoms with Gasteiger partial charge in [-0.3, -0.25) is 14.3 Å². The predicted octanol–water partition coefficient (Wildman–Crippen LogP) is 1.73. The summed E-state index contributed by atoms with van der Waals surface area (Å²) in [6, 6.07) is 4.51. The second kappa shape index (κ2) is 6.60. The lowest BCUT2D eigenvalue weighted by atomic mass is 10.3. The first-order valence-corrected chi connectivity index (χ1v) is 6.98. The van der Waals surface area contributed by atoms with E-state index in [1.54, 1.807) is 0 Å². The summed E-state index contributed by atoms with van der Waals surface area (Å²) in [6.45, 7) is 1.75.